The predicted octanol–water partition coefficient (Wildman–Crippen LogP) is 1.26. The number of methoxy groups -OCH3 is 1. The van der Waals surface area contributed by atoms with E-state index in [2.05, 4.69) is 5.32 Å². The van der Waals surface area contributed by atoms with Gasteiger partial charge in [-0.05, 0) is 41.2 Å². The lowest BCUT2D eigenvalue weighted by molar-refractivity contribution is -0.126. The summed E-state index contributed by atoms with van der Waals surface area (Å²) >= 11 is 0. The average Bonchev–Trinajstić information content (AvgIpc) is 2.14. The Bertz CT molecular complexity index is 212. The number of hydrogen-bond donors (Lipinski definition) is 1. The summed E-state index contributed by atoms with van der Waals surface area (Å²) in [6.07, 6.45) is 0.945. The quantitative estimate of drug-likeness (QED) is 0.698. The van der Waals surface area contributed by atoms with E-state index in [9.17, 15) is 4.79 Å². The number of nitrogens with zero attached hydrogens (tertiary/aromatic N) is 1. The first-order valence-corrected chi connectivity index (χ1v) is 5.79. The Hall–Kier alpha value is -0.610. The summed E-state index contributed by atoms with van der Waals surface area (Å²) in [7, 11) is 3.65. The van der Waals surface area contributed by atoms with E-state index in [1.165, 1.54) is 0 Å². The summed E-state index contributed by atoms with van der Waals surface area (Å²) in [6, 6.07) is -0.101. The molecule has 4 nitrogen and oxygen atoms in total. The first-order chi connectivity index (χ1) is 7.28. The lowest BCUT2D eigenvalue weighted by atomic mass is 10.1. The summed E-state index contributed by atoms with van der Waals surface area (Å²) in [4.78, 5) is 13.9. The Balaban J connectivity index is 4.01. The Kier molecular flexibility index (Phi) is 6.60. The number of carbonyl (C=O) groups is 1. The third-order valence-corrected chi connectivity index (χ3v) is 2.40. The molecule has 0 spiro atoms. The molecule has 0 aromatic carbocycles. The van der Waals surface area contributed by atoms with E-state index in [1.807, 2.05) is 39.6 Å². The lowest BCUT2D eigenvalue weighted by Crippen LogP contribution is -2.50. The van der Waals surface area contributed by atoms with Crippen LogP contribution in [0.5, 0.6) is 0 Å². The zero-order chi connectivity index (χ0) is 12.8. The summed E-state index contributed by atoms with van der Waals surface area (Å²) in [5, 5.41) is 2.98. The van der Waals surface area contributed by atoms with E-state index >= 15 is 0 Å². The van der Waals surface area contributed by atoms with Gasteiger partial charge in [0.1, 0.15) is 0 Å². The molecule has 0 saturated carbocycles. The molecule has 1 amide bonds. The van der Waals surface area contributed by atoms with Crippen LogP contribution in [0.15, 0.2) is 0 Å². The van der Waals surface area contributed by atoms with E-state index in [1.54, 1.807) is 7.11 Å². The van der Waals surface area contributed by atoms with Crippen LogP contribution in [0.4, 0.5) is 0 Å². The Morgan fingerprint density at radius 2 is 2.00 bits per heavy atom. The van der Waals surface area contributed by atoms with Crippen molar-refractivity contribution in [1.29, 1.82) is 0 Å². The van der Waals surface area contributed by atoms with Gasteiger partial charge in [-0.2, -0.15) is 0 Å². The Morgan fingerprint density at radius 1 is 1.44 bits per heavy atom. The molecule has 0 heterocycles. The molecule has 96 valence electrons. The molecule has 0 fully saturated rings. The summed E-state index contributed by atoms with van der Waals surface area (Å²) < 4.78 is 4.99. The van der Waals surface area contributed by atoms with E-state index in [-0.39, 0.29) is 17.5 Å². The normalized spacial score (nSPS) is 13.9. The van der Waals surface area contributed by atoms with Crippen molar-refractivity contribution in [1.82, 2.24) is 10.2 Å². The van der Waals surface area contributed by atoms with Crippen molar-refractivity contribution in [3.8, 4) is 0 Å². The summed E-state index contributed by atoms with van der Waals surface area (Å²) in [5.41, 5.74) is -0.168. The van der Waals surface area contributed by atoms with Crippen LogP contribution in [0.25, 0.3) is 0 Å². The van der Waals surface area contributed by atoms with E-state index in [4.69, 9.17) is 4.74 Å². The van der Waals surface area contributed by atoms with Gasteiger partial charge in [-0.3, -0.25) is 9.69 Å². The molecular formula is C12H26N2O2. The first-order valence-electron chi connectivity index (χ1n) is 5.79. The number of amides is 1. The van der Waals surface area contributed by atoms with Gasteiger partial charge in [0.15, 0.2) is 0 Å². The molecule has 4 heteroatoms. The molecule has 1 N–H and O–H groups in total. The topological polar surface area (TPSA) is 41.6 Å². The van der Waals surface area contributed by atoms with Crippen LogP contribution in [-0.2, 0) is 9.53 Å². The van der Waals surface area contributed by atoms with Crippen LogP contribution in [-0.4, -0.2) is 49.7 Å². The van der Waals surface area contributed by atoms with Gasteiger partial charge in [-0.15, -0.1) is 0 Å². The number of rotatable bonds is 6. The molecule has 0 bridgehead atoms. The fraction of sp³-hybridized carbons (Fsp3) is 0.917. The molecule has 0 rings (SSSR count). The highest BCUT2D eigenvalue weighted by Gasteiger charge is 2.21. The minimum atomic E-state index is -0.168. The maximum Gasteiger partial charge on any atom is 0.237 e. The maximum absolute atomic E-state index is 11.8. The average molecular weight is 230 g/mol. The zero-order valence-corrected chi connectivity index (χ0v) is 11.5. The van der Waals surface area contributed by atoms with Gasteiger partial charge in [-0.1, -0.05) is 0 Å². The zero-order valence-electron chi connectivity index (χ0n) is 11.5. The molecule has 0 aliphatic heterocycles. The monoisotopic (exact) mass is 230 g/mol. The van der Waals surface area contributed by atoms with E-state index in [0.29, 0.717) is 0 Å². The van der Waals surface area contributed by atoms with Crippen molar-refractivity contribution >= 4 is 5.91 Å². The van der Waals surface area contributed by atoms with Crippen LogP contribution < -0.4 is 5.32 Å². The third-order valence-electron chi connectivity index (χ3n) is 2.40. The van der Waals surface area contributed by atoms with Crippen molar-refractivity contribution in [2.45, 2.75) is 45.7 Å². The van der Waals surface area contributed by atoms with Gasteiger partial charge >= 0.3 is 0 Å². The van der Waals surface area contributed by atoms with Crippen LogP contribution in [0.1, 0.15) is 34.1 Å². The molecule has 0 aromatic rings. The smallest absolute Gasteiger partial charge is 0.237 e. The number of hydrogen-bond acceptors (Lipinski definition) is 3. The number of nitrogens with one attached hydrogen (secondary N) is 1. The minimum Gasteiger partial charge on any atom is -0.385 e. The highest BCUT2D eigenvalue weighted by molar-refractivity contribution is 5.81. The number of carbonyl (C=O) groups excluding carboxylic acids is 1. The highest BCUT2D eigenvalue weighted by atomic mass is 16.5. The standard InChI is InChI=1S/C12H26N2O2/c1-10(11(15)13-12(2,3)4)14(5)8-7-9-16-6/h10H,7-9H2,1-6H3,(H,13,15). The van der Waals surface area contributed by atoms with Crippen LogP contribution >= 0.6 is 0 Å². The van der Waals surface area contributed by atoms with Gasteiger partial charge in [0, 0.05) is 25.8 Å². The summed E-state index contributed by atoms with van der Waals surface area (Å²) in [6.45, 7) is 9.49. The molecule has 1 unspecified atom stereocenters. The van der Waals surface area contributed by atoms with Crippen molar-refractivity contribution in [3.63, 3.8) is 0 Å². The van der Waals surface area contributed by atoms with Crippen LogP contribution in [0.3, 0.4) is 0 Å². The summed E-state index contributed by atoms with van der Waals surface area (Å²) in [5.74, 6) is 0.0763. The van der Waals surface area contributed by atoms with Crippen molar-refractivity contribution in [3.05, 3.63) is 0 Å². The molecular weight excluding hydrogens is 204 g/mol. The van der Waals surface area contributed by atoms with Gasteiger partial charge in [-0.25, -0.2) is 0 Å². The number of ether oxygens (including phenoxy) is 1. The second kappa shape index (κ2) is 6.86. The molecule has 0 aromatic heterocycles. The molecule has 0 aliphatic carbocycles. The molecule has 1 atom stereocenters. The number of likely N-dealkylation sites (N-methyl/N-ethyl adjacent to an activating group) is 1. The van der Waals surface area contributed by atoms with Gasteiger partial charge in [0.25, 0.3) is 0 Å². The molecule has 0 aliphatic rings. The maximum atomic E-state index is 11.8. The lowest BCUT2D eigenvalue weighted by Gasteiger charge is -2.28. The van der Waals surface area contributed by atoms with Gasteiger partial charge in [0.05, 0.1) is 6.04 Å². The third kappa shape index (κ3) is 6.80. The van der Waals surface area contributed by atoms with Gasteiger partial charge < -0.3 is 10.1 Å². The fourth-order valence-corrected chi connectivity index (χ4v) is 1.33. The fourth-order valence-electron chi connectivity index (χ4n) is 1.33. The Morgan fingerprint density at radius 3 is 2.44 bits per heavy atom. The SMILES string of the molecule is COCCCN(C)C(C)C(=O)NC(C)(C)C. The van der Waals surface area contributed by atoms with E-state index < -0.39 is 0 Å². The van der Waals surface area contributed by atoms with Crippen molar-refractivity contribution in [2.75, 3.05) is 27.3 Å². The second-order valence-electron chi connectivity index (χ2n) is 5.24. The van der Waals surface area contributed by atoms with Crippen LogP contribution in [0, 0.1) is 0 Å². The van der Waals surface area contributed by atoms with E-state index in [0.717, 1.165) is 19.6 Å². The largest absolute Gasteiger partial charge is 0.385 e. The van der Waals surface area contributed by atoms with Crippen molar-refractivity contribution < 1.29 is 9.53 Å². The minimum absolute atomic E-state index is 0.0763. The van der Waals surface area contributed by atoms with Crippen molar-refractivity contribution in [2.24, 2.45) is 0 Å². The second-order valence-corrected chi connectivity index (χ2v) is 5.24. The first kappa shape index (κ1) is 15.4. The highest BCUT2D eigenvalue weighted by Crippen LogP contribution is 2.03. The van der Waals surface area contributed by atoms with Gasteiger partial charge in [0.2, 0.25) is 5.91 Å². The predicted molar refractivity (Wildman–Crippen MR) is 66.5 cm³/mol. The van der Waals surface area contributed by atoms with Crippen LogP contribution in [0.2, 0.25) is 0 Å². The molecule has 0 saturated heterocycles. The Labute approximate surface area is 99.3 Å². The molecule has 0 radical (unpaired) electrons. The molecule has 16 heavy (non-hydrogen) atoms.